The molecule has 0 aromatic heterocycles. The first-order valence-corrected chi connectivity index (χ1v) is 5.65. The van der Waals surface area contributed by atoms with Crippen LogP contribution >= 0.6 is 0 Å². The normalized spacial score (nSPS) is 9.60. The molecule has 0 N–H and O–H groups in total. The average molecular weight is 270 g/mol. The molecule has 0 aliphatic carbocycles. The van der Waals surface area contributed by atoms with Crippen LogP contribution < -0.4 is 9.47 Å². The van der Waals surface area contributed by atoms with Crippen LogP contribution in [0.4, 0.5) is 5.69 Å². The van der Waals surface area contributed by atoms with Gasteiger partial charge in [0, 0.05) is 12.1 Å². The molecule has 0 atom stereocenters. The van der Waals surface area contributed by atoms with Gasteiger partial charge in [-0.25, -0.2) is 0 Å². The van der Waals surface area contributed by atoms with Crippen molar-refractivity contribution in [2.75, 3.05) is 7.11 Å². The van der Waals surface area contributed by atoms with Gasteiger partial charge >= 0.3 is 0 Å². The van der Waals surface area contributed by atoms with Gasteiger partial charge in [0.2, 0.25) is 0 Å². The third kappa shape index (κ3) is 2.67. The van der Waals surface area contributed by atoms with Crippen molar-refractivity contribution in [2.45, 2.75) is 0 Å². The Bertz CT molecular complexity index is 692. The van der Waals surface area contributed by atoms with Gasteiger partial charge in [-0.1, -0.05) is 12.1 Å². The van der Waals surface area contributed by atoms with Gasteiger partial charge in [0.05, 0.1) is 12.0 Å². The number of nitro benzene ring substituents is 1. The van der Waals surface area contributed by atoms with Crippen LogP contribution in [-0.4, -0.2) is 12.0 Å². The first-order valence-electron chi connectivity index (χ1n) is 5.65. The maximum absolute atomic E-state index is 10.7. The molecule has 0 spiro atoms. The van der Waals surface area contributed by atoms with Crippen LogP contribution in [-0.2, 0) is 0 Å². The SMILES string of the molecule is COc1ccccc1Oc1ccc([N+](=O)[O-])c(C#N)c1. The molecule has 0 aliphatic rings. The topological polar surface area (TPSA) is 85.4 Å². The summed E-state index contributed by atoms with van der Waals surface area (Å²) in [7, 11) is 1.51. The van der Waals surface area contributed by atoms with E-state index in [0.717, 1.165) is 0 Å². The molecule has 0 bridgehead atoms. The van der Waals surface area contributed by atoms with Crippen molar-refractivity contribution >= 4 is 5.69 Å². The smallest absolute Gasteiger partial charge is 0.287 e. The standard InChI is InChI=1S/C14H10N2O4/c1-19-13-4-2-3-5-14(13)20-11-6-7-12(16(17)18)10(8-11)9-15/h2-8H,1H3. The van der Waals surface area contributed by atoms with Crippen LogP contribution in [0.3, 0.4) is 0 Å². The lowest BCUT2D eigenvalue weighted by molar-refractivity contribution is -0.385. The van der Waals surface area contributed by atoms with E-state index in [9.17, 15) is 10.1 Å². The summed E-state index contributed by atoms with van der Waals surface area (Å²) in [5, 5.41) is 19.7. The lowest BCUT2D eigenvalue weighted by Gasteiger charge is -2.09. The number of para-hydroxylation sites is 2. The van der Waals surface area contributed by atoms with Gasteiger partial charge in [0.25, 0.3) is 5.69 Å². The fourth-order valence-corrected chi connectivity index (χ4v) is 1.66. The average Bonchev–Trinajstić information content (AvgIpc) is 2.47. The van der Waals surface area contributed by atoms with Gasteiger partial charge in [0.15, 0.2) is 11.5 Å². The van der Waals surface area contributed by atoms with Crippen molar-refractivity contribution in [2.24, 2.45) is 0 Å². The number of nitriles is 1. The lowest BCUT2D eigenvalue weighted by atomic mass is 10.2. The summed E-state index contributed by atoms with van der Waals surface area (Å²) in [6.07, 6.45) is 0. The molecule has 0 saturated heterocycles. The van der Waals surface area contributed by atoms with Gasteiger partial charge in [-0.3, -0.25) is 10.1 Å². The first kappa shape index (κ1) is 13.4. The molecule has 2 rings (SSSR count). The summed E-state index contributed by atoms with van der Waals surface area (Å²) in [6.45, 7) is 0. The molecule has 6 nitrogen and oxygen atoms in total. The monoisotopic (exact) mass is 270 g/mol. The molecule has 0 heterocycles. The molecule has 0 saturated carbocycles. The second-order valence-electron chi connectivity index (χ2n) is 3.80. The van der Waals surface area contributed by atoms with E-state index >= 15 is 0 Å². The van der Waals surface area contributed by atoms with Crippen LogP contribution in [0.1, 0.15) is 5.56 Å². The molecule has 0 fully saturated rings. The predicted octanol–water partition coefficient (Wildman–Crippen LogP) is 3.27. The van der Waals surface area contributed by atoms with Gasteiger partial charge in [-0.2, -0.15) is 5.26 Å². The van der Waals surface area contributed by atoms with E-state index in [0.29, 0.717) is 17.2 Å². The number of ether oxygens (including phenoxy) is 2. The molecule has 0 aliphatic heterocycles. The summed E-state index contributed by atoms with van der Waals surface area (Å²) >= 11 is 0. The van der Waals surface area contributed by atoms with E-state index in [-0.39, 0.29) is 11.3 Å². The molecule has 0 radical (unpaired) electrons. The van der Waals surface area contributed by atoms with Crippen LogP contribution in [0.5, 0.6) is 17.2 Å². The Balaban J connectivity index is 2.35. The van der Waals surface area contributed by atoms with Crippen LogP contribution in [0, 0.1) is 21.4 Å². The largest absolute Gasteiger partial charge is 0.493 e. The van der Waals surface area contributed by atoms with E-state index in [1.54, 1.807) is 30.3 Å². The second kappa shape index (κ2) is 5.71. The Hall–Kier alpha value is -3.07. The molecule has 6 heteroatoms. The van der Waals surface area contributed by atoms with Crippen molar-refractivity contribution < 1.29 is 14.4 Å². The molecular weight excluding hydrogens is 260 g/mol. The fourth-order valence-electron chi connectivity index (χ4n) is 1.66. The number of hydrogen-bond acceptors (Lipinski definition) is 5. The highest BCUT2D eigenvalue weighted by Crippen LogP contribution is 2.32. The van der Waals surface area contributed by atoms with Gasteiger partial charge in [-0.05, 0) is 18.2 Å². The fraction of sp³-hybridized carbons (Fsp3) is 0.0714. The molecule has 2 aromatic rings. The third-order valence-corrected chi connectivity index (χ3v) is 2.58. The summed E-state index contributed by atoms with van der Waals surface area (Å²) in [5.74, 6) is 1.33. The van der Waals surface area contributed by atoms with Crippen LogP contribution in [0.2, 0.25) is 0 Å². The van der Waals surface area contributed by atoms with Crippen molar-refractivity contribution in [3.8, 4) is 23.3 Å². The molecule has 0 unspecified atom stereocenters. The zero-order chi connectivity index (χ0) is 14.5. The van der Waals surface area contributed by atoms with E-state index in [1.165, 1.54) is 25.3 Å². The van der Waals surface area contributed by atoms with Crippen molar-refractivity contribution in [3.63, 3.8) is 0 Å². The number of rotatable bonds is 4. The zero-order valence-corrected chi connectivity index (χ0v) is 10.6. The highest BCUT2D eigenvalue weighted by Gasteiger charge is 2.15. The molecule has 100 valence electrons. The molecule has 0 amide bonds. The van der Waals surface area contributed by atoms with E-state index in [1.807, 2.05) is 0 Å². The zero-order valence-electron chi connectivity index (χ0n) is 10.6. The van der Waals surface area contributed by atoms with Crippen molar-refractivity contribution in [3.05, 3.63) is 58.1 Å². The van der Waals surface area contributed by atoms with Crippen molar-refractivity contribution in [1.29, 1.82) is 5.26 Å². The number of hydrogen-bond donors (Lipinski definition) is 0. The van der Waals surface area contributed by atoms with Crippen LogP contribution in [0.15, 0.2) is 42.5 Å². The Labute approximate surface area is 114 Å². The summed E-state index contributed by atoms with van der Waals surface area (Å²) in [5.41, 5.74) is -0.303. The predicted molar refractivity (Wildman–Crippen MR) is 70.9 cm³/mol. The highest BCUT2D eigenvalue weighted by atomic mass is 16.6. The number of nitro groups is 1. The minimum Gasteiger partial charge on any atom is -0.493 e. The third-order valence-electron chi connectivity index (χ3n) is 2.58. The Morgan fingerprint density at radius 3 is 2.50 bits per heavy atom. The lowest BCUT2D eigenvalue weighted by Crippen LogP contribution is -1.94. The molecule has 2 aromatic carbocycles. The van der Waals surface area contributed by atoms with E-state index < -0.39 is 4.92 Å². The highest BCUT2D eigenvalue weighted by molar-refractivity contribution is 5.53. The minimum absolute atomic E-state index is 0.0533. The van der Waals surface area contributed by atoms with Gasteiger partial charge in [0.1, 0.15) is 17.4 Å². The minimum atomic E-state index is -0.606. The van der Waals surface area contributed by atoms with E-state index in [4.69, 9.17) is 14.7 Å². The summed E-state index contributed by atoms with van der Waals surface area (Å²) in [6, 6.07) is 12.8. The Morgan fingerprint density at radius 2 is 1.90 bits per heavy atom. The Kier molecular flexibility index (Phi) is 3.82. The summed E-state index contributed by atoms with van der Waals surface area (Å²) < 4.78 is 10.7. The molecular formula is C14H10N2O4. The first-order chi connectivity index (χ1) is 9.65. The van der Waals surface area contributed by atoms with Crippen LogP contribution in [0.25, 0.3) is 0 Å². The molecule has 20 heavy (non-hydrogen) atoms. The quantitative estimate of drug-likeness (QED) is 0.628. The summed E-state index contributed by atoms with van der Waals surface area (Å²) in [4.78, 5) is 10.1. The van der Waals surface area contributed by atoms with E-state index in [2.05, 4.69) is 0 Å². The number of methoxy groups -OCH3 is 1. The number of benzene rings is 2. The maximum Gasteiger partial charge on any atom is 0.287 e. The van der Waals surface area contributed by atoms with Gasteiger partial charge in [-0.15, -0.1) is 0 Å². The second-order valence-corrected chi connectivity index (χ2v) is 3.80. The number of nitrogens with zero attached hydrogens (tertiary/aromatic N) is 2. The maximum atomic E-state index is 10.7. The van der Waals surface area contributed by atoms with Gasteiger partial charge < -0.3 is 9.47 Å². The Morgan fingerprint density at radius 1 is 1.20 bits per heavy atom. The van der Waals surface area contributed by atoms with Crippen molar-refractivity contribution in [1.82, 2.24) is 0 Å².